The summed E-state index contributed by atoms with van der Waals surface area (Å²) in [5.74, 6) is -0.310. The first-order chi connectivity index (χ1) is 19.2. The number of carbonyl (C=O) groups excluding carboxylic acids is 2. The van der Waals surface area contributed by atoms with Gasteiger partial charge >= 0.3 is 12.1 Å². The Bertz CT molecular complexity index is 1140. The molecule has 0 aliphatic heterocycles. The summed E-state index contributed by atoms with van der Waals surface area (Å²) in [6.07, 6.45) is 0.254. The minimum atomic E-state index is -0.421. The molecule has 1 aliphatic rings. The van der Waals surface area contributed by atoms with E-state index in [9.17, 15) is 9.59 Å². The molecule has 0 bridgehead atoms. The number of esters is 1. The van der Waals surface area contributed by atoms with E-state index in [-0.39, 0.29) is 18.5 Å². The average molecular weight is 534 g/mol. The highest BCUT2D eigenvalue weighted by molar-refractivity contribution is 5.89. The number of carbonyl (C=O) groups is 2. The molecule has 1 N–H and O–H groups in total. The number of amides is 1. The van der Waals surface area contributed by atoms with E-state index >= 15 is 0 Å². The third kappa shape index (κ3) is 8.64. The molecule has 3 aromatic rings. The van der Waals surface area contributed by atoms with E-state index in [0.29, 0.717) is 64.8 Å². The molecule has 39 heavy (non-hydrogen) atoms. The summed E-state index contributed by atoms with van der Waals surface area (Å²) < 4.78 is 27.1. The lowest BCUT2D eigenvalue weighted by atomic mass is 9.98. The van der Waals surface area contributed by atoms with E-state index in [0.717, 1.165) is 0 Å². The van der Waals surface area contributed by atoms with Gasteiger partial charge in [-0.1, -0.05) is 66.7 Å². The summed E-state index contributed by atoms with van der Waals surface area (Å²) in [6.45, 7) is 3.54. The molecule has 8 nitrogen and oxygen atoms in total. The third-order valence-electron chi connectivity index (χ3n) is 6.29. The van der Waals surface area contributed by atoms with Crippen LogP contribution in [0.3, 0.4) is 0 Å². The van der Waals surface area contributed by atoms with E-state index in [1.54, 1.807) is 24.3 Å². The predicted molar refractivity (Wildman–Crippen MR) is 147 cm³/mol. The molecule has 0 atom stereocenters. The van der Waals surface area contributed by atoms with Crippen LogP contribution in [-0.4, -0.2) is 71.5 Å². The third-order valence-corrected chi connectivity index (χ3v) is 6.29. The van der Waals surface area contributed by atoms with Crippen LogP contribution >= 0.6 is 0 Å². The Labute approximate surface area is 229 Å². The Kier molecular flexibility index (Phi) is 11.3. The first-order valence-electron chi connectivity index (χ1n) is 13.3. The van der Waals surface area contributed by atoms with Gasteiger partial charge in [0.1, 0.15) is 13.2 Å². The minimum absolute atomic E-state index is 0.0501. The number of nitrogens with one attached hydrogen (secondary N) is 1. The van der Waals surface area contributed by atoms with Crippen molar-refractivity contribution in [1.82, 2.24) is 5.32 Å². The van der Waals surface area contributed by atoms with Gasteiger partial charge in [-0.2, -0.15) is 0 Å². The molecule has 0 saturated heterocycles. The lowest BCUT2D eigenvalue weighted by molar-refractivity contribution is 0.000337. The minimum Gasteiger partial charge on any atom is -0.460 e. The Morgan fingerprint density at radius 2 is 1.15 bits per heavy atom. The monoisotopic (exact) mass is 533 g/mol. The quantitative estimate of drug-likeness (QED) is 0.208. The van der Waals surface area contributed by atoms with Gasteiger partial charge in [-0.15, -0.1) is 0 Å². The smallest absolute Gasteiger partial charge is 0.407 e. The summed E-state index contributed by atoms with van der Waals surface area (Å²) in [5, 5.41) is 2.79. The Morgan fingerprint density at radius 3 is 1.79 bits per heavy atom. The van der Waals surface area contributed by atoms with E-state index in [1.165, 1.54) is 22.3 Å². The maximum atomic E-state index is 12.2. The fraction of sp³-hybridized carbons (Fsp3) is 0.355. The molecule has 1 amide bonds. The molecule has 0 spiro atoms. The SMILES string of the molecule is O=C(NCCCOCCOCCOCCOC(=O)c1ccccc1)OCC1c2ccccc2-c2ccccc21. The van der Waals surface area contributed by atoms with Crippen molar-refractivity contribution in [1.29, 1.82) is 0 Å². The van der Waals surface area contributed by atoms with Gasteiger partial charge in [-0.05, 0) is 40.8 Å². The standard InChI is InChI=1S/C31H35NO7/c33-30(24-9-2-1-3-10-24)38-22-21-37-20-19-36-18-17-35-16-8-15-32-31(34)39-23-29-27-13-6-4-11-25(27)26-12-5-7-14-28(26)29/h1-7,9-14,29H,8,15-23H2,(H,32,34). The molecular weight excluding hydrogens is 498 g/mol. The van der Waals surface area contributed by atoms with Crippen molar-refractivity contribution in [2.75, 3.05) is 59.4 Å². The van der Waals surface area contributed by atoms with E-state index in [2.05, 4.69) is 29.6 Å². The van der Waals surface area contributed by atoms with Gasteiger partial charge in [0.25, 0.3) is 0 Å². The van der Waals surface area contributed by atoms with Crippen LogP contribution in [0.2, 0.25) is 0 Å². The highest BCUT2D eigenvalue weighted by Crippen LogP contribution is 2.44. The number of hydrogen-bond donors (Lipinski definition) is 1. The zero-order valence-corrected chi connectivity index (χ0v) is 22.0. The molecular formula is C31H35NO7. The van der Waals surface area contributed by atoms with Gasteiger partial charge < -0.3 is 29.0 Å². The Morgan fingerprint density at radius 1 is 0.615 bits per heavy atom. The number of fused-ring (bicyclic) bond motifs is 3. The van der Waals surface area contributed by atoms with Crippen LogP contribution in [0.4, 0.5) is 4.79 Å². The lowest BCUT2D eigenvalue weighted by Gasteiger charge is -2.14. The highest BCUT2D eigenvalue weighted by atomic mass is 16.6. The number of alkyl carbamates (subject to hydrolysis) is 1. The molecule has 4 rings (SSSR count). The summed E-state index contributed by atoms with van der Waals surface area (Å²) in [4.78, 5) is 24.0. The molecule has 0 heterocycles. The van der Waals surface area contributed by atoms with Gasteiger partial charge in [0, 0.05) is 19.1 Å². The second-order valence-electron chi connectivity index (χ2n) is 8.94. The van der Waals surface area contributed by atoms with Crippen molar-refractivity contribution in [2.45, 2.75) is 12.3 Å². The molecule has 3 aromatic carbocycles. The van der Waals surface area contributed by atoms with Crippen molar-refractivity contribution in [3.8, 4) is 11.1 Å². The fourth-order valence-corrected chi connectivity index (χ4v) is 4.41. The maximum Gasteiger partial charge on any atom is 0.407 e. The largest absolute Gasteiger partial charge is 0.460 e. The van der Waals surface area contributed by atoms with Crippen LogP contribution in [0.15, 0.2) is 78.9 Å². The first-order valence-corrected chi connectivity index (χ1v) is 13.3. The normalized spacial score (nSPS) is 12.0. The van der Waals surface area contributed by atoms with E-state index < -0.39 is 6.09 Å². The van der Waals surface area contributed by atoms with Crippen LogP contribution in [0.1, 0.15) is 33.8 Å². The van der Waals surface area contributed by atoms with Crippen molar-refractivity contribution >= 4 is 12.1 Å². The lowest BCUT2D eigenvalue weighted by Crippen LogP contribution is -2.27. The maximum absolute atomic E-state index is 12.2. The molecule has 0 radical (unpaired) electrons. The van der Waals surface area contributed by atoms with Crippen molar-refractivity contribution in [3.63, 3.8) is 0 Å². The van der Waals surface area contributed by atoms with Crippen LogP contribution in [0.25, 0.3) is 11.1 Å². The van der Waals surface area contributed by atoms with Crippen molar-refractivity contribution in [2.24, 2.45) is 0 Å². The van der Waals surface area contributed by atoms with Gasteiger partial charge in [-0.25, -0.2) is 9.59 Å². The summed E-state index contributed by atoms with van der Waals surface area (Å²) in [7, 11) is 0. The molecule has 0 fully saturated rings. The van der Waals surface area contributed by atoms with E-state index in [1.807, 2.05) is 30.3 Å². The second kappa shape index (κ2) is 15.6. The summed E-state index contributed by atoms with van der Waals surface area (Å²) >= 11 is 0. The first kappa shape index (κ1) is 28.3. The number of benzene rings is 3. The van der Waals surface area contributed by atoms with Crippen molar-refractivity contribution < 1.29 is 33.3 Å². The van der Waals surface area contributed by atoms with Crippen LogP contribution in [0, 0.1) is 0 Å². The molecule has 1 aliphatic carbocycles. The molecule has 0 aromatic heterocycles. The molecule has 0 saturated carbocycles. The zero-order valence-electron chi connectivity index (χ0n) is 22.0. The summed E-state index contributed by atoms with van der Waals surface area (Å²) in [6, 6.07) is 25.4. The Hall–Kier alpha value is -3.72. The van der Waals surface area contributed by atoms with Crippen LogP contribution in [0.5, 0.6) is 0 Å². The van der Waals surface area contributed by atoms with Crippen LogP contribution < -0.4 is 5.32 Å². The number of ether oxygens (including phenoxy) is 5. The highest BCUT2D eigenvalue weighted by Gasteiger charge is 2.28. The predicted octanol–water partition coefficient (Wildman–Crippen LogP) is 4.82. The Balaban J connectivity index is 0.956. The fourth-order valence-electron chi connectivity index (χ4n) is 4.41. The average Bonchev–Trinajstić information content (AvgIpc) is 3.30. The van der Waals surface area contributed by atoms with Gasteiger partial charge in [0.15, 0.2) is 0 Å². The molecule has 206 valence electrons. The van der Waals surface area contributed by atoms with Gasteiger partial charge in [0.2, 0.25) is 0 Å². The topological polar surface area (TPSA) is 92.3 Å². The van der Waals surface area contributed by atoms with Gasteiger partial charge in [0.05, 0.1) is 38.6 Å². The van der Waals surface area contributed by atoms with Crippen molar-refractivity contribution in [3.05, 3.63) is 95.6 Å². The van der Waals surface area contributed by atoms with Gasteiger partial charge in [-0.3, -0.25) is 0 Å². The second-order valence-corrected chi connectivity index (χ2v) is 8.94. The number of hydrogen-bond acceptors (Lipinski definition) is 7. The zero-order chi connectivity index (χ0) is 27.1. The molecule has 0 unspecified atom stereocenters. The van der Waals surface area contributed by atoms with Crippen LogP contribution in [-0.2, 0) is 23.7 Å². The summed E-state index contributed by atoms with van der Waals surface area (Å²) in [5.41, 5.74) is 5.32. The number of rotatable bonds is 16. The van der Waals surface area contributed by atoms with E-state index in [4.69, 9.17) is 23.7 Å². The molecule has 8 heteroatoms.